The molecular formula is C20H22N2O5. The summed E-state index contributed by atoms with van der Waals surface area (Å²) in [6.45, 7) is 1.48. The maximum Gasteiger partial charge on any atom is 0.286 e. The molecule has 0 saturated carbocycles. The van der Waals surface area contributed by atoms with Crippen molar-refractivity contribution >= 4 is 11.6 Å². The zero-order valence-electron chi connectivity index (χ0n) is 15.2. The van der Waals surface area contributed by atoms with Gasteiger partial charge in [0.2, 0.25) is 0 Å². The minimum Gasteiger partial charge on any atom is -0.493 e. The lowest BCUT2D eigenvalue weighted by Gasteiger charge is -2.26. The van der Waals surface area contributed by atoms with Crippen molar-refractivity contribution in [1.29, 1.82) is 0 Å². The summed E-state index contributed by atoms with van der Waals surface area (Å²) < 4.78 is 11.1. The standard InChI is InChI=1S/C20H22N2O5/c1-26-18-12-16(20(23)21-10-6-3-7-11-21)17(22(24)25)13-19(18)27-14-15-8-4-2-5-9-15/h2,4-5,8-9,12-13H,3,6-7,10-11,14H2,1H3. The molecule has 0 bridgehead atoms. The molecule has 1 amide bonds. The highest BCUT2D eigenvalue weighted by molar-refractivity contribution is 5.99. The summed E-state index contributed by atoms with van der Waals surface area (Å²) in [7, 11) is 1.45. The fourth-order valence-electron chi connectivity index (χ4n) is 3.15. The fourth-order valence-corrected chi connectivity index (χ4v) is 3.15. The van der Waals surface area contributed by atoms with Crippen LogP contribution in [0.15, 0.2) is 42.5 Å². The van der Waals surface area contributed by atoms with E-state index in [1.54, 1.807) is 4.90 Å². The molecule has 1 aliphatic rings. The second-order valence-electron chi connectivity index (χ2n) is 6.40. The molecule has 7 heteroatoms. The van der Waals surface area contributed by atoms with Crippen LogP contribution in [0.2, 0.25) is 0 Å². The van der Waals surface area contributed by atoms with Gasteiger partial charge >= 0.3 is 0 Å². The van der Waals surface area contributed by atoms with E-state index in [1.807, 2.05) is 30.3 Å². The molecule has 3 rings (SSSR count). The van der Waals surface area contributed by atoms with Crippen LogP contribution in [-0.4, -0.2) is 35.9 Å². The Balaban J connectivity index is 1.90. The Morgan fingerprint density at radius 3 is 2.44 bits per heavy atom. The third-order valence-electron chi connectivity index (χ3n) is 4.59. The van der Waals surface area contributed by atoms with Crippen molar-refractivity contribution in [2.75, 3.05) is 20.2 Å². The molecule has 0 radical (unpaired) electrons. The molecule has 1 aliphatic heterocycles. The molecule has 0 atom stereocenters. The Kier molecular flexibility index (Phi) is 5.90. The van der Waals surface area contributed by atoms with Gasteiger partial charge in [-0.2, -0.15) is 0 Å². The average molecular weight is 370 g/mol. The predicted octanol–water partition coefficient (Wildman–Crippen LogP) is 3.81. The zero-order valence-corrected chi connectivity index (χ0v) is 15.2. The second-order valence-corrected chi connectivity index (χ2v) is 6.40. The average Bonchev–Trinajstić information content (AvgIpc) is 2.72. The molecule has 2 aromatic rings. The first kappa shape index (κ1) is 18.7. The molecule has 0 spiro atoms. The molecule has 2 aromatic carbocycles. The van der Waals surface area contributed by atoms with Crippen molar-refractivity contribution < 1.29 is 19.2 Å². The van der Waals surface area contributed by atoms with Crippen LogP contribution in [-0.2, 0) is 6.61 Å². The maximum atomic E-state index is 12.8. The molecule has 0 aliphatic carbocycles. The van der Waals surface area contributed by atoms with E-state index in [2.05, 4.69) is 0 Å². The molecule has 0 aromatic heterocycles. The number of hydrogen-bond donors (Lipinski definition) is 0. The number of nitro groups is 1. The van der Waals surface area contributed by atoms with Crippen molar-refractivity contribution in [1.82, 2.24) is 4.90 Å². The number of nitrogens with zero attached hydrogens (tertiary/aromatic N) is 2. The van der Waals surface area contributed by atoms with Crippen molar-refractivity contribution in [2.24, 2.45) is 0 Å². The molecule has 1 saturated heterocycles. The smallest absolute Gasteiger partial charge is 0.286 e. The van der Waals surface area contributed by atoms with Gasteiger partial charge in [-0.25, -0.2) is 0 Å². The molecule has 1 fully saturated rings. The summed E-state index contributed by atoms with van der Waals surface area (Å²) in [4.78, 5) is 25.5. The second kappa shape index (κ2) is 8.53. The number of methoxy groups -OCH3 is 1. The molecule has 0 unspecified atom stereocenters. The van der Waals surface area contributed by atoms with Crippen LogP contribution in [0.1, 0.15) is 35.2 Å². The number of carbonyl (C=O) groups excluding carboxylic acids is 1. The molecule has 142 valence electrons. The van der Waals surface area contributed by atoms with Gasteiger partial charge < -0.3 is 14.4 Å². The van der Waals surface area contributed by atoms with Crippen molar-refractivity contribution in [3.8, 4) is 11.5 Å². The summed E-state index contributed by atoms with van der Waals surface area (Å²) in [6.07, 6.45) is 2.89. The first-order valence-corrected chi connectivity index (χ1v) is 8.92. The van der Waals surface area contributed by atoms with Gasteiger partial charge in [0.1, 0.15) is 12.2 Å². The van der Waals surface area contributed by atoms with Crippen LogP contribution in [0.5, 0.6) is 11.5 Å². The molecule has 27 heavy (non-hydrogen) atoms. The van der Waals surface area contributed by atoms with Crippen molar-refractivity contribution in [3.05, 3.63) is 63.7 Å². The van der Waals surface area contributed by atoms with E-state index < -0.39 is 4.92 Å². The quantitative estimate of drug-likeness (QED) is 0.570. The van der Waals surface area contributed by atoms with Crippen molar-refractivity contribution in [2.45, 2.75) is 25.9 Å². The molecule has 0 N–H and O–H groups in total. The van der Waals surface area contributed by atoms with Crippen LogP contribution in [0, 0.1) is 10.1 Å². The van der Waals surface area contributed by atoms with Crippen LogP contribution in [0.3, 0.4) is 0 Å². The third-order valence-corrected chi connectivity index (χ3v) is 4.59. The number of likely N-dealkylation sites (tertiary alicyclic amines) is 1. The number of nitro benzene ring substituents is 1. The van der Waals surface area contributed by atoms with E-state index >= 15 is 0 Å². The minimum absolute atomic E-state index is 0.0332. The van der Waals surface area contributed by atoms with E-state index in [4.69, 9.17) is 9.47 Å². The van der Waals surface area contributed by atoms with E-state index in [0.717, 1.165) is 24.8 Å². The van der Waals surface area contributed by atoms with E-state index in [0.29, 0.717) is 18.8 Å². The lowest BCUT2D eigenvalue weighted by molar-refractivity contribution is -0.385. The number of benzene rings is 2. The van der Waals surface area contributed by atoms with Crippen molar-refractivity contribution in [3.63, 3.8) is 0 Å². The zero-order chi connectivity index (χ0) is 19.2. The number of piperidine rings is 1. The number of ether oxygens (including phenoxy) is 2. The Morgan fingerprint density at radius 2 is 1.81 bits per heavy atom. The minimum atomic E-state index is -0.550. The Morgan fingerprint density at radius 1 is 1.11 bits per heavy atom. The van der Waals surface area contributed by atoms with Gasteiger partial charge in [0.25, 0.3) is 11.6 Å². The summed E-state index contributed by atoms with van der Waals surface area (Å²) in [5, 5.41) is 11.6. The highest BCUT2D eigenvalue weighted by atomic mass is 16.6. The molecule has 7 nitrogen and oxygen atoms in total. The molecular weight excluding hydrogens is 348 g/mol. The summed E-state index contributed by atoms with van der Waals surface area (Å²) >= 11 is 0. The monoisotopic (exact) mass is 370 g/mol. The lowest BCUT2D eigenvalue weighted by atomic mass is 10.1. The van der Waals surface area contributed by atoms with Gasteiger partial charge in [-0.3, -0.25) is 14.9 Å². The highest BCUT2D eigenvalue weighted by Crippen LogP contribution is 2.36. The Bertz CT molecular complexity index is 817. The summed E-state index contributed by atoms with van der Waals surface area (Å²) in [5.74, 6) is 0.203. The Hall–Kier alpha value is -3.09. The van der Waals surface area contributed by atoms with Gasteiger partial charge in [0, 0.05) is 19.2 Å². The first-order valence-electron chi connectivity index (χ1n) is 8.92. The van der Waals surface area contributed by atoms with Gasteiger partial charge in [-0.15, -0.1) is 0 Å². The number of rotatable bonds is 6. The van der Waals surface area contributed by atoms with E-state index in [9.17, 15) is 14.9 Å². The largest absolute Gasteiger partial charge is 0.493 e. The van der Waals surface area contributed by atoms with Crippen LogP contribution in [0.4, 0.5) is 5.69 Å². The van der Waals surface area contributed by atoms with E-state index in [-0.39, 0.29) is 29.5 Å². The SMILES string of the molecule is COc1cc(C(=O)N2CCCCC2)c([N+](=O)[O-])cc1OCc1ccccc1. The highest BCUT2D eigenvalue weighted by Gasteiger charge is 2.28. The predicted molar refractivity (Wildman–Crippen MR) is 100 cm³/mol. The number of hydrogen-bond acceptors (Lipinski definition) is 5. The normalized spacial score (nSPS) is 13.9. The lowest BCUT2D eigenvalue weighted by Crippen LogP contribution is -2.35. The van der Waals surface area contributed by atoms with Gasteiger partial charge in [0.15, 0.2) is 11.5 Å². The van der Waals surface area contributed by atoms with Gasteiger partial charge in [-0.1, -0.05) is 30.3 Å². The van der Waals surface area contributed by atoms with Crippen LogP contribution >= 0.6 is 0 Å². The third kappa shape index (κ3) is 4.36. The maximum absolute atomic E-state index is 12.8. The Labute approximate surface area is 157 Å². The molecule has 1 heterocycles. The fraction of sp³-hybridized carbons (Fsp3) is 0.350. The summed E-state index contributed by atoms with van der Waals surface area (Å²) in [5.41, 5.74) is 0.691. The van der Waals surface area contributed by atoms with Crippen LogP contribution in [0.25, 0.3) is 0 Å². The number of carbonyl (C=O) groups is 1. The first-order chi connectivity index (χ1) is 13.1. The van der Waals surface area contributed by atoms with Gasteiger partial charge in [0.05, 0.1) is 18.1 Å². The van der Waals surface area contributed by atoms with Gasteiger partial charge in [-0.05, 0) is 24.8 Å². The topological polar surface area (TPSA) is 81.9 Å². The number of amides is 1. The van der Waals surface area contributed by atoms with E-state index in [1.165, 1.54) is 19.2 Å². The summed E-state index contributed by atoms with van der Waals surface area (Å²) in [6, 6.07) is 12.2. The van der Waals surface area contributed by atoms with Crippen LogP contribution < -0.4 is 9.47 Å².